The fraction of sp³-hybridized carbons (Fsp3) is 0.429. The van der Waals surface area contributed by atoms with E-state index in [9.17, 15) is 9.59 Å². The summed E-state index contributed by atoms with van der Waals surface area (Å²) >= 11 is 0. The number of carbonyl (C=O) groups excluding carboxylic acids is 2. The van der Waals surface area contributed by atoms with Crippen molar-refractivity contribution in [2.75, 3.05) is 13.2 Å². The summed E-state index contributed by atoms with van der Waals surface area (Å²) in [5, 5.41) is 2.70. The number of nitrogens with one attached hydrogen (secondary N) is 1. The highest BCUT2D eigenvalue weighted by molar-refractivity contribution is 5.79. The van der Waals surface area contributed by atoms with E-state index in [1.54, 1.807) is 6.92 Å². The Morgan fingerprint density at radius 3 is 2.78 bits per heavy atom. The van der Waals surface area contributed by atoms with Crippen molar-refractivity contribution in [1.82, 2.24) is 5.32 Å². The minimum atomic E-state index is -0.284. The maximum absolute atomic E-state index is 11.6. The molecule has 1 aromatic carbocycles. The first-order valence-electron chi connectivity index (χ1n) is 6.09. The third kappa shape index (κ3) is 5.48. The molecule has 0 fully saturated rings. The topological polar surface area (TPSA) is 55.4 Å². The van der Waals surface area contributed by atoms with Crippen LogP contribution in [0.15, 0.2) is 24.3 Å². The van der Waals surface area contributed by atoms with Gasteiger partial charge in [-0.25, -0.2) is 0 Å². The molecule has 0 atom stereocenters. The molecule has 1 aromatic rings. The van der Waals surface area contributed by atoms with Gasteiger partial charge in [-0.1, -0.05) is 29.8 Å². The first-order valence-corrected chi connectivity index (χ1v) is 6.09. The number of hydrogen-bond acceptors (Lipinski definition) is 3. The van der Waals surface area contributed by atoms with E-state index in [-0.39, 0.29) is 18.3 Å². The van der Waals surface area contributed by atoms with Gasteiger partial charge in [0.15, 0.2) is 0 Å². The van der Waals surface area contributed by atoms with Crippen LogP contribution in [0, 0.1) is 6.92 Å². The second-order valence-corrected chi connectivity index (χ2v) is 4.07. The molecule has 0 aliphatic heterocycles. The summed E-state index contributed by atoms with van der Waals surface area (Å²) < 4.78 is 4.77. The van der Waals surface area contributed by atoms with Crippen LogP contribution < -0.4 is 5.32 Å². The third-order valence-electron chi connectivity index (χ3n) is 2.40. The van der Waals surface area contributed by atoms with E-state index in [0.29, 0.717) is 19.6 Å². The minimum Gasteiger partial charge on any atom is -0.466 e. The van der Waals surface area contributed by atoms with Crippen LogP contribution in [0.5, 0.6) is 0 Å². The van der Waals surface area contributed by atoms with Gasteiger partial charge in [-0.15, -0.1) is 0 Å². The highest BCUT2D eigenvalue weighted by Crippen LogP contribution is 2.04. The third-order valence-corrected chi connectivity index (χ3v) is 2.40. The fourth-order valence-electron chi connectivity index (χ4n) is 1.61. The van der Waals surface area contributed by atoms with Crippen LogP contribution in [-0.4, -0.2) is 25.0 Å². The lowest BCUT2D eigenvalue weighted by Gasteiger charge is -2.05. The van der Waals surface area contributed by atoms with Crippen molar-refractivity contribution in [2.45, 2.75) is 26.7 Å². The average Bonchev–Trinajstić information content (AvgIpc) is 2.29. The molecule has 18 heavy (non-hydrogen) atoms. The van der Waals surface area contributed by atoms with Gasteiger partial charge >= 0.3 is 5.97 Å². The van der Waals surface area contributed by atoms with Gasteiger partial charge in [-0.2, -0.15) is 0 Å². The smallest absolute Gasteiger partial charge is 0.307 e. The molecule has 0 aromatic heterocycles. The lowest BCUT2D eigenvalue weighted by Crippen LogP contribution is -2.27. The van der Waals surface area contributed by atoms with E-state index in [4.69, 9.17) is 4.74 Å². The SMILES string of the molecule is CCOC(=O)CCNC(=O)Cc1cccc(C)c1. The zero-order valence-corrected chi connectivity index (χ0v) is 10.9. The van der Waals surface area contributed by atoms with Crippen molar-refractivity contribution in [3.8, 4) is 0 Å². The predicted molar refractivity (Wildman–Crippen MR) is 69.1 cm³/mol. The maximum Gasteiger partial charge on any atom is 0.307 e. The van der Waals surface area contributed by atoms with Crippen molar-refractivity contribution in [3.63, 3.8) is 0 Å². The molecule has 0 saturated heterocycles. The average molecular weight is 249 g/mol. The summed E-state index contributed by atoms with van der Waals surface area (Å²) in [6.45, 7) is 4.44. The van der Waals surface area contributed by atoms with Crippen LogP contribution in [0.4, 0.5) is 0 Å². The second-order valence-electron chi connectivity index (χ2n) is 4.07. The van der Waals surface area contributed by atoms with Gasteiger partial charge in [-0.05, 0) is 19.4 Å². The summed E-state index contributed by atoms with van der Waals surface area (Å²) in [4.78, 5) is 22.7. The van der Waals surface area contributed by atoms with Crippen molar-refractivity contribution in [1.29, 1.82) is 0 Å². The van der Waals surface area contributed by atoms with Crippen molar-refractivity contribution < 1.29 is 14.3 Å². The van der Waals surface area contributed by atoms with Gasteiger partial charge in [0.25, 0.3) is 0 Å². The van der Waals surface area contributed by atoms with E-state index in [2.05, 4.69) is 5.32 Å². The Labute approximate surface area is 107 Å². The molecule has 0 aliphatic carbocycles. The number of hydrogen-bond donors (Lipinski definition) is 1. The number of ether oxygens (including phenoxy) is 1. The molecule has 0 bridgehead atoms. The lowest BCUT2D eigenvalue weighted by atomic mass is 10.1. The number of aryl methyl sites for hydroxylation is 1. The summed E-state index contributed by atoms with van der Waals surface area (Å²) in [7, 11) is 0. The Bertz CT molecular complexity index is 415. The van der Waals surface area contributed by atoms with Gasteiger partial charge in [0.05, 0.1) is 19.4 Å². The highest BCUT2D eigenvalue weighted by atomic mass is 16.5. The Morgan fingerprint density at radius 2 is 2.11 bits per heavy atom. The Hall–Kier alpha value is -1.84. The molecular weight excluding hydrogens is 230 g/mol. The molecule has 0 heterocycles. The number of carbonyl (C=O) groups is 2. The van der Waals surface area contributed by atoms with E-state index >= 15 is 0 Å². The van der Waals surface area contributed by atoms with Crippen LogP contribution >= 0.6 is 0 Å². The van der Waals surface area contributed by atoms with E-state index < -0.39 is 0 Å². The Kier molecular flexibility index (Phi) is 5.91. The van der Waals surface area contributed by atoms with Crippen LogP contribution in [0.1, 0.15) is 24.5 Å². The Morgan fingerprint density at radius 1 is 1.33 bits per heavy atom. The summed E-state index contributed by atoms with van der Waals surface area (Å²) in [5.41, 5.74) is 2.11. The number of esters is 1. The molecule has 0 unspecified atom stereocenters. The fourth-order valence-corrected chi connectivity index (χ4v) is 1.61. The largest absolute Gasteiger partial charge is 0.466 e. The number of benzene rings is 1. The molecule has 98 valence electrons. The Balaban J connectivity index is 2.28. The van der Waals surface area contributed by atoms with Gasteiger partial charge in [0.2, 0.25) is 5.91 Å². The standard InChI is InChI=1S/C14H19NO3/c1-3-18-14(17)7-8-15-13(16)10-12-6-4-5-11(2)9-12/h4-6,9H,3,7-8,10H2,1-2H3,(H,15,16). The summed E-state index contributed by atoms with van der Waals surface area (Å²) in [6, 6.07) is 7.81. The van der Waals surface area contributed by atoms with E-state index in [1.807, 2.05) is 31.2 Å². The van der Waals surface area contributed by atoms with Crippen LogP contribution in [-0.2, 0) is 20.7 Å². The van der Waals surface area contributed by atoms with Crippen molar-refractivity contribution in [2.24, 2.45) is 0 Å². The van der Waals surface area contributed by atoms with E-state index in [1.165, 1.54) is 0 Å². The van der Waals surface area contributed by atoms with Gasteiger partial charge < -0.3 is 10.1 Å². The first kappa shape index (κ1) is 14.2. The molecule has 0 spiro atoms. The van der Waals surface area contributed by atoms with Crippen LogP contribution in [0.3, 0.4) is 0 Å². The van der Waals surface area contributed by atoms with Gasteiger partial charge in [-0.3, -0.25) is 9.59 Å². The minimum absolute atomic E-state index is 0.0788. The maximum atomic E-state index is 11.6. The molecule has 1 amide bonds. The van der Waals surface area contributed by atoms with Crippen molar-refractivity contribution >= 4 is 11.9 Å². The molecule has 1 N–H and O–H groups in total. The molecular formula is C14H19NO3. The van der Waals surface area contributed by atoms with Gasteiger partial charge in [0, 0.05) is 6.54 Å². The molecule has 4 heteroatoms. The van der Waals surface area contributed by atoms with Crippen LogP contribution in [0.25, 0.3) is 0 Å². The zero-order valence-electron chi connectivity index (χ0n) is 10.9. The summed E-state index contributed by atoms with van der Waals surface area (Å²) in [5.74, 6) is -0.363. The number of amides is 1. The molecule has 4 nitrogen and oxygen atoms in total. The van der Waals surface area contributed by atoms with Crippen LogP contribution in [0.2, 0.25) is 0 Å². The number of rotatable bonds is 6. The molecule has 0 aliphatic rings. The zero-order chi connectivity index (χ0) is 13.4. The predicted octanol–water partition coefficient (Wildman–Crippen LogP) is 1.61. The van der Waals surface area contributed by atoms with Gasteiger partial charge in [0.1, 0.15) is 0 Å². The lowest BCUT2D eigenvalue weighted by molar-refractivity contribution is -0.143. The molecule has 0 saturated carbocycles. The summed E-state index contributed by atoms with van der Waals surface area (Å²) in [6.07, 6.45) is 0.553. The highest BCUT2D eigenvalue weighted by Gasteiger charge is 2.05. The molecule has 1 rings (SSSR count). The normalized spacial score (nSPS) is 9.89. The monoisotopic (exact) mass is 249 g/mol. The quantitative estimate of drug-likeness (QED) is 0.779. The second kappa shape index (κ2) is 7.48. The van der Waals surface area contributed by atoms with E-state index in [0.717, 1.165) is 11.1 Å². The molecule has 0 radical (unpaired) electrons. The van der Waals surface area contributed by atoms with Crippen molar-refractivity contribution in [3.05, 3.63) is 35.4 Å². The first-order chi connectivity index (χ1) is 8.61.